The van der Waals surface area contributed by atoms with Crippen molar-refractivity contribution >= 4 is 5.91 Å². The second kappa shape index (κ2) is 4.61. The lowest BCUT2D eigenvalue weighted by molar-refractivity contribution is -0.132. The highest BCUT2D eigenvalue weighted by Crippen LogP contribution is 2.21. The number of aliphatic hydroxyl groups is 1. The number of likely N-dealkylation sites (tertiary alicyclic amines) is 1. The third-order valence-corrected chi connectivity index (χ3v) is 2.65. The maximum atomic E-state index is 11.6. The quantitative estimate of drug-likeness (QED) is 0.716. The highest BCUT2D eigenvalue weighted by atomic mass is 16.3. The molecule has 2 unspecified atom stereocenters. The molecule has 0 radical (unpaired) electrons. The molecule has 76 valence electrons. The largest absolute Gasteiger partial charge is 0.391 e. The van der Waals surface area contributed by atoms with Gasteiger partial charge in [-0.15, -0.1) is 0 Å². The number of hydrogen-bond donors (Lipinski definition) is 1. The van der Waals surface area contributed by atoms with E-state index in [1.165, 1.54) is 0 Å². The number of aliphatic hydroxyl groups excluding tert-OH is 1. The zero-order valence-electron chi connectivity index (χ0n) is 8.49. The van der Waals surface area contributed by atoms with E-state index in [2.05, 4.69) is 6.92 Å². The van der Waals surface area contributed by atoms with E-state index in [1.807, 2.05) is 11.8 Å². The number of hydrogen-bond acceptors (Lipinski definition) is 2. The summed E-state index contributed by atoms with van der Waals surface area (Å²) in [5.74, 6) is 0.200. The summed E-state index contributed by atoms with van der Waals surface area (Å²) in [6, 6.07) is 0.272. The van der Waals surface area contributed by atoms with E-state index >= 15 is 0 Å². The van der Waals surface area contributed by atoms with Crippen molar-refractivity contribution in [1.29, 1.82) is 0 Å². The fraction of sp³-hybridized carbons (Fsp3) is 0.900. The van der Waals surface area contributed by atoms with E-state index in [0.717, 1.165) is 19.3 Å². The lowest BCUT2D eigenvalue weighted by Gasteiger charge is -2.22. The molecule has 3 nitrogen and oxygen atoms in total. The molecule has 0 bridgehead atoms. The van der Waals surface area contributed by atoms with Crippen LogP contribution in [-0.2, 0) is 4.79 Å². The minimum Gasteiger partial charge on any atom is -0.391 e. The summed E-state index contributed by atoms with van der Waals surface area (Å²) in [5.41, 5.74) is 0. The Hall–Kier alpha value is -0.570. The van der Waals surface area contributed by atoms with Gasteiger partial charge in [0.05, 0.1) is 6.10 Å². The van der Waals surface area contributed by atoms with Crippen LogP contribution in [-0.4, -0.2) is 34.6 Å². The molecule has 0 aromatic heterocycles. The second-order valence-corrected chi connectivity index (χ2v) is 3.75. The van der Waals surface area contributed by atoms with Gasteiger partial charge in [-0.05, 0) is 19.3 Å². The van der Waals surface area contributed by atoms with Crippen molar-refractivity contribution < 1.29 is 9.90 Å². The molecule has 1 amide bonds. The van der Waals surface area contributed by atoms with Gasteiger partial charge in [0.2, 0.25) is 5.91 Å². The van der Waals surface area contributed by atoms with Crippen molar-refractivity contribution in [1.82, 2.24) is 4.90 Å². The number of nitrogens with zero attached hydrogens (tertiary/aromatic N) is 1. The number of rotatable bonds is 3. The van der Waals surface area contributed by atoms with Crippen LogP contribution in [0, 0.1) is 0 Å². The van der Waals surface area contributed by atoms with Crippen LogP contribution in [0.2, 0.25) is 0 Å². The number of carbonyl (C=O) groups excluding carboxylic acids is 1. The first-order chi connectivity index (χ1) is 6.19. The Kier molecular flexibility index (Phi) is 3.72. The fourth-order valence-corrected chi connectivity index (χ4v) is 1.94. The van der Waals surface area contributed by atoms with Crippen LogP contribution in [0.4, 0.5) is 0 Å². The van der Waals surface area contributed by atoms with Crippen molar-refractivity contribution in [2.45, 2.75) is 51.7 Å². The van der Waals surface area contributed by atoms with Gasteiger partial charge in [-0.25, -0.2) is 0 Å². The lowest BCUT2D eigenvalue weighted by atomic mass is 10.1. The lowest BCUT2D eigenvalue weighted by Crippen LogP contribution is -2.35. The maximum Gasteiger partial charge on any atom is 0.222 e. The summed E-state index contributed by atoms with van der Waals surface area (Å²) in [5, 5.41) is 9.42. The van der Waals surface area contributed by atoms with Crippen LogP contribution < -0.4 is 0 Å². The van der Waals surface area contributed by atoms with Crippen LogP contribution in [0.3, 0.4) is 0 Å². The summed E-state index contributed by atoms with van der Waals surface area (Å²) in [6.45, 7) is 4.61. The van der Waals surface area contributed by atoms with Crippen molar-refractivity contribution in [3.63, 3.8) is 0 Å². The van der Waals surface area contributed by atoms with Gasteiger partial charge < -0.3 is 10.0 Å². The molecule has 1 aliphatic heterocycles. The SMILES string of the molecule is CCCC(=O)N1CC(O)CC1CC. The van der Waals surface area contributed by atoms with Crippen LogP contribution in [0.15, 0.2) is 0 Å². The molecule has 13 heavy (non-hydrogen) atoms. The summed E-state index contributed by atoms with van der Waals surface area (Å²) < 4.78 is 0. The Morgan fingerprint density at radius 3 is 2.77 bits per heavy atom. The van der Waals surface area contributed by atoms with E-state index in [0.29, 0.717) is 13.0 Å². The maximum absolute atomic E-state index is 11.6. The molecule has 1 saturated heterocycles. The molecular weight excluding hydrogens is 166 g/mol. The molecule has 0 aromatic carbocycles. The zero-order valence-corrected chi connectivity index (χ0v) is 8.49. The third-order valence-electron chi connectivity index (χ3n) is 2.65. The summed E-state index contributed by atoms with van der Waals surface area (Å²) in [7, 11) is 0. The van der Waals surface area contributed by atoms with Gasteiger partial charge in [0.25, 0.3) is 0 Å². The minimum atomic E-state index is -0.300. The average Bonchev–Trinajstić information content (AvgIpc) is 2.47. The normalized spacial score (nSPS) is 28.1. The Morgan fingerprint density at radius 1 is 1.54 bits per heavy atom. The van der Waals surface area contributed by atoms with E-state index in [9.17, 15) is 9.90 Å². The topological polar surface area (TPSA) is 40.5 Å². The average molecular weight is 185 g/mol. The van der Waals surface area contributed by atoms with Crippen LogP contribution in [0.25, 0.3) is 0 Å². The van der Waals surface area contributed by atoms with Gasteiger partial charge >= 0.3 is 0 Å². The predicted molar refractivity (Wildman–Crippen MR) is 51.3 cm³/mol. The van der Waals surface area contributed by atoms with E-state index in [1.54, 1.807) is 0 Å². The first kappa shape index (κ1) is 10.5. The van der Waals surface area contributed by atoms with Crippen molar-refractivity contribution in [2.24, 2.45) is 0 Å². The molecular formula is C10H19NO2. The summed E-state index contributed by atoms with van der Waals surface area (Å²) in [6.07, 6.45) is 2.91. The third kappa shape index (κ3) is 2.44. The van der Waals surface area contributed by atoms with Gasteiger partial charge in [-0.3, -0.25) is 4.79 Å². The van der Waals surface area contributed by atoms with Crippen LogP contribution >= 0.6 is 0 Å². The molecule has 1 aliphatic rings. The Balaban J connectivity index is 2.52. The van der Waals surface area contributed by atoms with E-state index in [4.69, 9.17) is 0 Å². The first-order valence-corrected chi connectivity index (χ1v) is 5.16. The molecule has 1 fully saturated rings. The molecule has 2 atom stereocenters. The standard InChI is InChI=1S/C10H19NO2/c1-3-5-10(13)11-7-9(12)6-8(11)4-2/h8-9,12H,3-7H2,1-2H3. The molecule has 1 N–H and O–H groups in total. The number of amides is 1. The van der Waals surface area contributed by atoms with Crippen molar-refractivity contribution in [2.75, 3.05) is 6.54 Å². The molecule has 3 heteroatoms. The van der Waals surface area contributed by atoms with E-state index < -0.39 is 0 Å². The molecule has 0 saturated carbocycles. The van der Waals surface area contributed by atoms with Crippen LogP contribution in [0.1, 0.15) is 39.5 Å². The zero-order chi connectivity index (χ0) is 9.84. The van der Waals surface area contributed by atoms with Gasteiger partial charge in [0, 0.05) is 19.0 Å². The molecule has 0 aliphatic carbocycles. The Labute approximate surface area is 79.7 Å². The Bertz CT molecular complexity index is 182. The number of β-amino-alcohol motifs (C(OH)–C–C–N with tert-alkyl or cyclic N) is 1. The van der Waals surface area contributed by atoms with Gasteiger partial charge in [-0.1, -0.05) is 13.8 Å². The predicted octanol–water partition coefficient (Wildman–Crippen LogP) is 1.16. The number of carbonyl (C=O) groups is 1. The molecule has 0 spiro atoms. The Morgan fingerprint density at radius 2 is 2.23 bits per heavy atom. The highest BCUT2D eigenvalue weighted by Gasteiger charge is 2.32. The molecule has 1 heterocycles. The highest BCUT2D eigenvalue weighted by molar-refractivity contribution is 5.76. The minimum absolute atomic E-state index is 0.200. The summed E-state index contributed by atoms with van der Waals surface area (Å²) >= 11 is 0. The van der Waals surface area contributed by atoms with Gasteiger partial charge in [0.1, 0.15) is 0 Å². The second-order valence-electron chi connectivity index (χ2n) is 3.75. The smallest absolute Gasteiger partial charge is 0.222 e. The first-order valence-electron chi connectivity index (χ1n) is 5.16. The molecule has 0 aromatic rings. The van der Waals surface area contributed by atoms with E-state index in [-0.39, 0.29) is 18.1 Å². The van der Waals surface area contributed by atoms with Gasteiger partial charge in [0.15, 0.2) is 0 Å². The monoisotopic (exact) mass is 185 g/mol. The van der Waals surface area contributed by atoms with Crippen molar-refractivity contribution in [3.05, 3.63) is 0 Å². The molecule has 1 rings (SSSR count). The summed E-state index contributed by atoms with van der Waals surface area (Å²) in [4.78, 5) is 13.4. The van der Waals surface area contributed by atoms with Crippen molar-refractivity contribution in [3.8, 4) is 0 Å². The fourth-order valence-electron chi connectivity index (χ4n) is 1.94. The van der Waals surface area contributed by atoms with Crippen LogP contribution in [0.5, 0.6) is 0 Å². The van der Waals surface area contributed by atoms with Gasteiger partial charge in [-0.2, -0.15) is 0 Å².